The molecule has 0 aliphatic heterocycles. The fraction of sp³-hybridized carbons (Fsp3) is 0.250. The molecule has 0 radical (unpaired) electrons. The molecule has 0 spiro atoms. The molecule has 6 heteroatoms. The highest BCUT2D eigenvalue weighted by molar-refractivity contribution is 7.89. The van der Waals surface area contributed by atoms with Crippen LogP contribution in [-0.2, 0) is 10.0 Å². The van der Waals surface area contributed by atoms with Crippen molar-refractivity contribution >= 4 is 27.1 Å². The predicted molar refractivity (Wildman–Crippen MR) is 88.7 cm³/mol. The third-order valence-electron chi connectivity index (χ3n) is 3.73. The number of sulfonamides is 1. The Morgan fingerprint density at radius 2 is 1.73 bits per heavy atom. The molecule has 0 amide bonds. The number of nitrogens with zero attached hydrogens (tertiary/aromatic N) is 1. The van der Waals surface area contributed by atoms with Gasteiger partial charge in [0.1, 0.15) is 0 Å². The summed E-state index contributed by atoms with van der Waals surface area (Å²) in [6, 6.07) is 14.5. The van der Waals surface area contributed by atoms with Crippen LogP contribution in [0.25, 0.3) is 0 Å². The summed E-state index contributed by atoms with van der Waals surface area (Å²) in [6.45, 7) is 0. The Balaban J connectivity index is 1.83. The van der Waals surface area contributed by atoms with Crippen LogP contribution in [0, 0.1) is 0 Å². The lowest BCUT2D eigenvalue weighted by Crippen LogP contribution is -2.25. The highest BCUT2D eigenvalue weighted by Gasteiger charge is 2.27. The average Bonchev–Trinajstić information content (AvgIpc) is 3.30. The number of anilines is 3. The number of hydrogen-bond donors (Lipinski definition) is 2. The predicted octanol–water partition coefficient (Wildman–Crippen LogP) is 2.48. The molecule has 3 N–H and O–H groups in total. The first-order valence-corrected chi connectivity index (χ1v) is 8.66. The fourth-order valence-corrected chi connectivity index (χ4v) is 3.57. The van der Waals surface area contributed by atoms with Gasteiger partial charge in [-0.15, -0.1) is 0 Å². The van der Waals surface area contributed by atoms with Crippen LogP contribution < -0.4 is 15.4 Å². The fourth-order valence-electron chi connectivity index (χ4n) is 2.27. The van der Waals surface area contributed by atoms with E-state index in [0.29, 0.717) is 5.69 Å². The van der Waals surface area contributed by atoms with Crippen LogP contribution in [0.3, 0.4) is 0 Å². The van der Waals surface area contributed by atoms with E-state index in [2.05, 4.69) is 4.72 Å². The van der Waals surface area contributed by atoms with Crippen molar-refractivity contribution in [1.82, 2.24) is 4.72 Å². The quantitative estimate of drug-likeness (QED) is 0.831. The molecule has 1 aliphatic carbocycles. The minimum absolute atomic E-state index is 0.108. The van der Waals surface area contributed by atoms with Crippen molar-refractivity contribution in [2.45, 2.75) is 23.8 Å². The van der Waals surface area contributed by atoms with Crippen molar-refractivity contribution in [1.29, 1.82) is 0 Å². The van der Waals surface area contributed by atoms with Crippen molar-refractivity contribution in [2.24, 2.45) is 0 Å². The van der Waals surface area contributed by atoms with Gasteiger partial charge < -0.3 is 10.6 Å². The summed E-state index contributed by atoms with van der Waals surface area (Å²) in [6.07, 6.45) is 1.85. The van der Waals surface area contributed by atoms with E-state index in [4.69, 9.17) is 5.73 Å². The van der Waals surface area contributed by atoms with E-state index in [0.717, 1.165) is 24.2 Å². The van der Waals surface area contributed by atoms with Crippen molar-refractivity contribution in [3.63, 3.8) is 0 Å². The van der Waals surface area contributed by atoms with Gasteiger partial charge in [0.05, 0.1) is 16.3 Å². The Morgan fingerprint density at radius 3 is 2.32 bits per heavy atom. The van der Waals surface area contributed by atoms with Crippen LogP contribution in [0.2, 0.25) is 0 Å². The van der Waals surface area contributed by atoms with Crippen molar-refractivity contribution in [3.05, 3.63) is 48.5 Å². The van der Waals surface area contributed by atoms with Gasteiger partial charge in [0.25, 0.3) is 0 Å². The highest BCUT2D eigenvalue weighted by Crippen LogP contribution is 2.29. The number of rotatable bonds is 5. The average molecular weight is 317 g/mol. The summed E-state index contributed by atoms with van der Waals surface area (Å²) < 4.78 is 27.0. The van der Waals surface area contributed by atoms with Crippen LogP contribution in [0.1, 0.15) is 12.8 Å². The van der Waals surface area contributed by atoms with E-state index in [9.17, 15) is 8.42 Å². The van der Waals surface area contributed by atoms with E-state index >= 15 is 0 Å². The molecule has 0 atom stereocenters. The summed E-state index contributed by atoms with van der Waals surface area (Å²) in [7, 11) is -1.51. The molecule has 3 rings (SSSR count). The SMILES string of the molecule is CN(c1ccc(S(=O)(=O)NC2CC2)cc1)c1ccccc1N. The number of hydrogen-bond acceptors (Lipinski definition) is 4. The third kappa shape index (κ3) is 3.08. The second kappa shape index (κ2) is 5.62. The van der Waals surface area contributed by atoms with Crippen molar-refractivity contribution < 1.29 is 8.42 Å². The van der Waals surface area contributed by atoms with Crippen molar-refractivity contribution in [2.75, 3.05) is 17.7 Å². The maximum atomic E-state index is 12.1. The van der Waals surface area contributed by atoms with Gasteiger partial charge in [-0.25, -0.2) is 13.1 Å². The third-order valence-corrected chi connectivity index (χ3v) is 5.27. The van der Waals surface area contributed by atoms with Gasteiger partial charge in [-0.2, -0.15) is 0 Å². The molecule has 0 heterocycles. The Hall–Kier alpha value is -2.05. The summed E-state index contributed by atoms with van der Waals surface area (Å²) >= 11 is 0. The Kier molecular flexibility index (Phi) is 3.80. The van der Waals surface area contributed by atoms with Gasteiger partial charge in [0.2, 0.25) is 10.0 Å². The number of nitrogens with two attached hydrogens (primary N) is 1. The summed E-state index contributed by atoms with van der Waals surface area (Å²) in [5.74, 6) is 0. The normalized spacial score (nSPS) is 14.8. The largest absolute Gasteiger partial charge is 0.397 e. The van der Waals surface area contributed by atoms with Gasteiger partial charge >= 0.3 is 0 Å². The first-order valence-electron chi connectivity index (χ1n) is 7.18. The maximum Gasteiger partial charge on any atom is 0.240 e. The molecule has 2 aromatic rings. The number of nitrogen functional groups attached to an aromatic ring is 1. The molecule has 2 aromatic carbocycles. The first kappa shape index (κ1) is 14.9. The van der Waals surface area contributed by atoms with E-state index < -0.39 is 10.0 Å². The smallest absolute Gasteiger partial charge is 0.240 e. The second-order valence-electron chi connectivity index (χ2n) is 5.51. The van der Waals surface area contributed by atoms with E-state index in [1.165, 1.54) is 0 Å². The molecule has 0 unspecified atom stereocenters. The molecule has 1 saturated carbocycles. The molecule has 116 valence electrons. The van der Waals surface area contributed by atoms with Gasteiger partial charge in [-0.05, 0) is 49.2 Å². The Labute approximate surface area is 130 Å². The lowest BCUT2D eigenvalue weighted by Gasteiger charge is -2.21. The second-order valence-corrected chi connectivity index (χ2v) is 7.22. The van der Waals surface area contributed by atoms with Crippen molar-refractivity contribution in [3.8, 4) is 0 Å². The molecule has 1 fully saturated rings. The topological polar surface area (TPSA) is 75.4 Å². The Bertz CT molecular complexity index is 768. The van der Waals surface area contributed by atoms with Gasteiger partial charge in [0.15, 0.2) is 0 Å². The molecular weight excluding hydrogens is 298 g/mol. The minimum atomic E-state index is -3.41. The molecule has 1 aliphatic rings. The lowest BCUT2D eigenvalue weighted by atomic mass is 10.2. The molecule has 5 nitrogen and oxygen atoms in total. The summed E-state index contributed by atoms with van der Waals surface area (Å²) in [5.41, 5.74) is 8.41. The van der Waals surface area contributed by atoms with Crippen LogP contribution >= 0.6 is 0 Å². The van der Waals surface area contributed by atoms with Crippen LogP contribution in [-0.4, -0.2) is 21.5 Å². The maximum absolute atomic E-state index is 12.1. The first-order chi connectivity index (χ1) is 10.5. The number of benzene rings is 2. The zero-order valence-corrected chi connectivity index (χ0v) is 13.2. The number of para-hydroxylation sites is 2. The zero-order chi connectivity index (χ0) is 15.7. The van der Waals surface area contributed by atoms with Crippen LogP contribution in [0.5, 0.6) is 0 Å². The van der Waals surface area contributed by atoms with E-state index in [-0.39, 0.29) is 10.9 Å². The van der Waals surface area contributed by atoms with E-state index in [1.54, 1.807) is 24.3 Å². The molecule has 0 bridgehead atoms. The molecule has 0 aromatic heterocycles. The van der Waals surface area contributed by atoms with Gasteiger partial charge in [-0.3, -0.25) is 0 Å². The summed E-state index contributed by atoms with van der Waals surface area (Å²) in [4.78, 5) is 2.22. The molecular formula is C16H19N3O2S. The van der Waals surface area contributed by atoms with Crippen LogP contribution in [0.15, 0.2) is 53.4 Å². The van der Waals surface area contributed by atoms with Gasteiger partial charge in [0, 0.05) is 18.8 Å². The lowest BCUT2D eigenvalue weighted by molar-refractivity contribution is 0.581. The monoisotopic (exact) mass is 317 g/mol. The highest BCUT2D eigenvalue weighted by atomic mass is 32.2. The zero-order valence-electron chi connectivity index (χ0n) is 12.4. The molecule has 0 saturated heterocycles. The minimum Gasteiger partial charge on any atom is -0.397 e. The summed E-state index contributed by atoms with van der Waals surface area (Å²) in [5, 5.41) is 0. The number of nitrogens with one attached hydrogen (secondary N) is 1. The van der Waals surface area contributed by atoms with Gasteiger partial charge in [-0.1, -0.05) is 12.1 Å². The van der Waals surface area contributed by atoms with E-state index in [1.807, 2.05) is 36.2 Å². The Morgan fingerprint density at radius 1 is 1.09 bits per heavy atom. The van der Waals surface area contributed by atoms with Crippen LogP contribution in [0.4, 0.5) is 17.1 Å². The standard InChI is InChI=1S/C16H19N3O2S/c1-19(16-5-3-2-4-15(16)17)13-8-10-14(11-9-13)22(20,21)18-12-6-7-12/h2-5,8-12,18H,6-7,17H2,1H3. The molecule has 22 heavy (non-hydrogen) atoms.